The summed E-state index contributed by atoms with van der Waals surface area (Å²) in [6.45, 7) is 0.418. The van der Waals surface area contributed by atoms with Crippen LogP contribution in [0.3, 0.4) is 0 Å². The number of thioether (sulfide) groups is 1. The number of aliphatic hydroxyl groups is 1. The summed E-state index contributed by atoms with van der Waals surface area (Å²) in [6.07, 6.45) is 8.52. The minimum atomic E-state index is 0.357. The van der Waals surface area contributed by atoms with Crippen molar-refractivity contribution in [2.75, 3.05) is 18.6 Å². The molecule has 1 rings (SSSR count). The van der Waals surface area contributed by atoms with E-state index in [9.17, 15) is 0 Å². The second-order valence-electron chi connectivity index (χ2n) is 3.61. The summed E-state index contributed by atoms with van der Waals surface area (Å²) in [4.78, 5) is 0. The first-order valence-electron chi connectivity index (χ1n) is 4.43. The van der Waals surface area contributed by atoms with Crippen LogP contribution < -0.4 is 0 Å². The van der Waals surface area contributed by atoms with Crippen molar-refractivity contribution in [2.24, 2.45) is 5.41 Å². The fourth-order valence-corrected chi connectivity index (χ4v) is 2.19. The Morgan fingerprint density at radius 3 is 2.55 bits per heavy atom. The van der Waals surface area contributed by atoms with E-state index < -0.39 is 0 Å². The van der Waals surface area contributed by atoms with Gasteiger partial charge in [0.25, 0.3) is 0 Å². The molecular formula is C9H18OS. The van der Waals surface area contributed by atoms with E-state index in [4.69, 9.17) is 5.11 Å². The molecule has 66 valence electrons. The summed E-state index contributed by atoms with van der Waals surface area (Å²) >= 11 is 1.91. The Morgan fingerprint density at radius 2 is 2.18 bits per heavy atom. The van der Waals surface area contributed by atoms with Gasteiger partial charge in [-0.05, 0) is 43.1 Å². The monoisotopic (exact) mass is 174 g/mol. The van der Waals surface area contributed by atoms with Gasteiger partial charge in [0.2, 0.25) is 0 Å². The second-order valence-corrected chi connectivity index (χ2v) is 4.59. The van der Waals surface area contributed by atoms with Crippen LogP contribution in [0.25, 0.3) is 0 Å². The Bertz CT molecular complexity index is 105. The van der Waals surface area contributed by atoms with E-state index in [2.05, 4.69) is 6.26 Å². The van der Waals surface area contributed by atoms with E-state index in [0.29, 0.717) is 12.0 Å². The SMILES string of the molecule is CSCCCC1(CO)CCC1. The maximum Gasteiger partial charge on any atom is 0.0487 e. The Labute approximate surface area is 73.6 Å². The van der Waals surface area contributed by atoms with Gasteiger partial charge >= 0.3 is 0 Å². The van der Waals surface area contributed by atoms with Gasteiger partial charge in [-0.3, -0.25) is 0 Å². The van der Waals surface area contributed by atoms with Crippen LogP contribution in [0, 0.1) is 5.41 Å². The van der Waals surface area contributed by atoms with Gasteiger partial charge in [0.05, 0.1) is 0 Å². The van der Waals surface area contributed by atoms with Crippen LogP contribution in [-0.4, -0.2) is 23.7 Å². The van der Waals surface area contributed by atoms with Gasteiger partial charge in [0, 0.05) is 6.61 Å². The smallest absolute Gasteiger partial charge is 0.0487 e. The molecule has 1 aliphatic carbocycles. The topological polar surface area (TPSA) is 20.2 Å². The van der Waals surface area contributed by atoms with E-state index in [0.717, 1.165) is 0 Å². The molecule has 0 radical (unpaired) electrons. The zero-order valence-electron chi connectivity index (χ0n) is 7.31. The number of hydrogen-bond acceptors (Lipinski definition) is 2. The van der Waals surface area contributed by atoms with Crippen LogP contribution in [0.1, 0.15) is 32.1 Å². The maximum atomic E-state index is 9.13. The van der Waals surface area contributed by atoms with Gasteiger partial charge in [-0.1, -0.05) is 6.42 Å². The minimum Gasteiger partial charge on any atom is -0.396 e. The van der Waals surface area contributed by atoms with Crippen molar-refractivity contribution in [1.29, 1.82) is 0 Å². The quantitative estimate of drug-likeness (QED) is 0.645. The third-order valence-corrected chi connectivity index (χ3v) is 3.50. The third kappa shape index (κ3) is 2.38. The summed E-state index contributed by atoms with van der Waals surface area (Å²) in [5, 5.41) is 9.13. The molecule has 0 spiro atoms. The molecule has 0 aromatic heterocycles. The number of aliphatic hydroxyl groups excluding tert-OH is 1. The zero-order valence-corrected chi connectivity index (χ0v) is 8.12. The van der Waals surface area contributed by atoms with Crippen molar-refractivity contribution in [3.63, 3.8) is 0 Å². The van der Waals surface area contributed by atoms with E-state index in [1.54, 1.807) is 0 Å². The van der Waals surface area contributed by atoms with E-state index in [-0.39, 0.29) is 0 Å². The fraction of sp³-hybridized carbons (Fsp3) is 1.00. The van der Waals surface area contributed by atoms with Crippen molar-refractivity contribution >= 4 is 11.8 Å². The third-order valence-electron chi connectivity index (χ3n) is 2.81. The first-order valence-corrected chi connectivity index (χ1v) is 5.82. The molecule has 0 aliphatic heterocycles. The Hall–Kier alpha value is 0.310. The lowest BCUT2D eigenvalue weighted by Crippen LogP contribution is -2.33. The van der Waals surface area contributed by atoms with Gasteiger partial charge < -0.3 is 5.11 Å². The summed E-state index contributed by atoms with van der Waals surface area (Å²) in [6, 6.07) is 0. The standard InChI is InChI=1S/C9H18OS/c1-11-7-3-6-9(8-10)4-2-5-9/h10H,2-8H2,1H3. The van der Waals surface area contributed by atoms with Gasteiger partial charge in [0.15, 0.2) is 0 Å². The van der Waals surface area contributed by atoms with Crippen molar-refractivity contribution < 1.29 is 5.11 Å². The molecule has 0 amide bonds. The van der Waals surface area contributed by atoms with Crippen molar-refractivity contribution in [2.45, 2.75) is 32.1 Å². The molecule has 0 bridgehead atoms. The number of hydrogen-bond donors (Lipinski definition) is 1. The Morgan fingerprint density at radius 1 is 1.45 bits per heavy atom. The van der Waals surface area contributed by atoms with Crippen LogP contribution in [0.2, 0.25) is 0 Å². The average molecular weight is 174 g/mol. The molecule has 0 heterocycles. The van der Waals surface area contributed by atoms with E-state index >= 15 is 0 Å². The average Bonchev–Trinajstić information content (AvgIpc) is 1.95. The highest BCUT2D eigenvalue weighted by Crippen LogP contribution is 2.44. The van der Waals surface area contributed by atoms with Crippen molar-refractivity contribution in [3.05, 3.63) is 0 Å². The molecular weight excluding hydrogens is 156 g/mol. The Kier molecular flexibility index (Phi) is 3.73. The summed E-state index contributed by atoms with van der Waals surface area (Å²) in [5.74, 6) is 1.25. The highest BCUT2D eigenvalue weighted by molar-refractivity contribution is 7.98. The Balaban J connectivity index is 2.11. The zero-order chi connectivity index (χ0) is 8.16. The molecule has 1 saturated carbocycles. The molecule has 11 heavy (non-hydrogen) atoms. The molecule has 1 fully saturated rings. The van der Waals surface area contributed by atoms with Crippen molar-refractivity contribution in [3.8, 4) is 0 Å². The van der Waals surface area contributed by atoms with E-state index in [1.807, 2.05) is 11.8 Å². The normalized spacial score (nSPS) is 21.3. The van der Waals surface area contributed by atoms with Crippen LogP contribution >= 0.6 is 11.8 Å². The lowest BCUT2D eigenvalue weighted by atomic mass is 9.67. The summed E-state index contributed by atoms with van der Waals surface area (Å²) in [7, 11) is 0. The highest BCUT2D eigenvalue weighted by atomic mass is 32.2. The first-order chi connectivity index (χ1) is 5.33. The minimum absolute atomic E-state index is 0.357. The molecule has 1 nitrogen and oxygen atoms in total. The molecule has 0 unspecified atom stereocenters. The number of rotatable bonds is 5. The predicted molar refractivity (Wildman–Crippen MR) is 51.0 cm³/mol. The summed E-state index contributed by atoms with van der Waals surface area (Å²) in [5.41, 5.74) is 0.357. The van der Waals surface area contributed by atoms with Gasteiger partial charge in [-0.25, -0.2) is 0 Å². The molecule has 1 aliphatic rings. The first kappa shape index (κ1) is 9.40. The van der Waals surface area contributed by atoms with Gasteiger partial charge in [-0.2, -0.15) is 11.8 Å². The molecule has 0 aromatic carbocycles. The van der Waals surface area contributed by atoms with Crippen LogP contribution in [-0.2, 0) is 0 Å². The molecule has 0 atom stereocenters. The molecule has 2 heteroatoms. The van der Waals surface area contributed by atoms with E-state index in [1.165, 1.54) is 37.9 Å². The highest BCUT2D eigenvalue weighted by Gasteiger charge is 2.35. The predicted octanol–water partition coefficient (Wildman–Crippen LogP) is 2.29. The van der Waals surface area contributed by atoms with Gasteiger partial charge in [0.1, 0.15) is 0 Å². The van der Waals surface area contributed by atoms with Gasteiger partial charge in [-0.15, -0.1) is 0 Å². The fourth-order valence-electron chi connectivity index (χ4n) is 1.76. The lowest BCUT2D eigenvalue weighted by Gasteiger charge is -2.40. The second kappa shape index (κ2) is 4.36. The van der Waals surface area contributed by atoms with Crippen LogP contribution in [0.15, 0.2) is 0 Å². The largest absolute Gasteiger partial charge is 0.396 e. The summed E-state index contributed by atoms with van der Waals surface area (Å²) < 4.78 is 0. The van der Waals surface area contributed by atoms with Crippen molar-refractivity contribution in [1.82, 2.24) is 0 Å². The lowest BCUT2D eigenvalue weighted by molar-refractivity contribution is 0.0358. The van der Waals surface area contributed by atoms with Crippen LogP contribution in [0.5, 0.6) is 0 Å². The maximum absolute atomic E-state index is 9.13. The molecule has 1 N–H and O–H groups in total. The van der Waals surface area contributed by atoms with Crippen LogP contribution in [0.4, 0.5) is 0 Å². The molecule has 0 saturated heterocycles. The molecule has 0 aromatic rings.